The van der Waals surface area contributed by atoms with Gasteiger partial charge in [-0.2, -0.15) is 0 Å². The largest absolute Gasteiger partial charge is 0.496 e. The van der Waals surface area contributed by atoms with E-state index in [9.17, 15) is 9.59 Å². The summed E-state index contributed by atoms with van der Waals surface area (Å²) < 4.78 is 15.8. The number of carbonyl (C=O) groups excluding carboxylic acids is 2. The van der Waals surface area contributed by atoms with Gasteiger partial charge in [0.05, 0.1) is 20.3 Å². The SMILES string of the molecule is COC(=O)c1ccc(C2CCCN2C(=O)OC(C)(C)C)c(C)c1OC. The lowest BCUT2D eigenvalue weighted by Crippen LogP contribution is -2.36. The Hall–Kier alpha value is -2.24. The molecule has 0 aliphatic carbocycles. The summed E-state index contributed by atoms with van der Waals surface area (Å²) in [6.45, 7) is 8.12. The van der Waals surface area contributed by atoms with Crippen molar-refractivity contribution in [1.29, 1.82) is 0 Å². The van der Waals surface area contributed by atoms with Gasteiger partial charge in [0.1, 0.15) is 16.9 Å². The second kappa shape index (κ2) is 7.33. The van der Waals surface area contributed by atoms with Crippen molar-refractivity contribution in [2.24, 2.45) is 0 Å². The van der Waals surface area contributed by atoms with Gasteiger partial charge in [-0.15, -0.1) is 0 Å². The summed E-state index contributed by atoms with van der Waals surface area (Å²) in [7, 11) is 2.87. The van der Waals surface area contributed by atoms with Crippen LogP contribution in [0.4, 0.5) is 4.79 Å². The molecule has 1 unspecified atom stereocenters. The van der Waals surface area contributed by atoms with E-state index in [0.717, 1.165) is 24.0 Å². The fraction of sp³-hybridized carbons (Fsp3) is 0.579. The molecule has 25 heavy (non-hydrogen) atoms. The quantitative estimate of drug-likeness (QED) is 0.775. The topological polar surface area (TPSA) is 65.1 Å². The van der Waals surface area contributed by atoms with E-state index < -0.39 is 11.6 Å². The molecule has 2 rings (SSSR count). The molecule has 1 aliphatic rings. The van der Waals surface area contributed by atoms with Gasteiger partial charge in [-0.3, -0.25) is 0 Å². The van der Waals surface area contributed by atoms with E-state index in [-0.39, 0.29) is 12.1 Å². The Morgan fingerprint density at radius 3 is 2.44 bits per heavy atom. The first-order valence-electron chi connectivity index (χ1n) is 8.45. The van der Waals surface area contributed by atoms with Crippen LogP contribution in [0.3, 0.4) is 0 Å². The summed E-state index contributed by atoms with van der Waals surface area (Å²) in [5, 5.41) is 0. The van der Waals surface area contributed by atoms with Gasteiger partial charge in [0.15, 0.2) is 0 Å². The second-order valence-corrected chi connectivity index (χ2v) is 7.18. The molecule has 6 nitrogen and oxygen atoms in total. The van der Waals surface area contributed by atoms with Gasteiger partial charge in [-0.25, -0.2) is 9.59 Å². The van der Waals surface area contributed by atoms with Crippen molar-refractivity contribution in [3.05, 3.63) is 28.8 Å². The van der Waals surface area contributed by atoms with Gasteiger partial charge in [-0.05, 0) is 57.7 Å². The number of amides is 1. The van der Waals surface area contributed by atoms with E-state index in [1.165, 1.54) is 14.2 Å². The molecule has 1 saturated heterocycles. The first-order valence-corrected chi connectivity index (χ1v) is 8.45. The Kier molecular flexibility index (Phi) is 5.60. The highest BCUT2D eigenvalue weighted by Crippen LogP contribution is 2.38. The van der Waals surface area contributed by atoms with E-state index in [2.05, 4.69) is 0 Å². The van der Waals surface area contributed by atoms with Gasteiger partial charge in [-0.1, -0.05) is 6.07 Å². The van der Waals surface area contributed by atoms with Crippen LogP contribution in [-0.2, 0) is 9.47 Å². The second-order valence-electron chi connectivity index (χ2n) is 7.18. The summed E-state index contributed by atoms with van der Waals surface area (Å²) in [6, 6.07) is 3.48. The summed E-state index contributed by atoms with van der Waals surface area (Å²) in [5.74, 6) is 0.0438. The lowest BCUT2D eigenvalue weighted by Gasteiger charge is -2.30. The molecule has 1 amide bonds. The minimum atomic E-state index is -0.536. The fourth-order valence-corrected chi connectivity index (χ4v) is 3.23. The summed E-state index contributed by atoms with van der Waals surface area (Å²) >= 11 is 0. The average Bonchev–Trinajstić information content (AvgIpc) is 3.01. The van der Waals surface area contributed by atoms with Crippen molar-refractivity contribution in [3.8, 4) is 5.75 Å². The van der Waals surface area contributed by atoms with Crippen LogP contribution < -0.4 is 4.74 Å². The summed E-state index contributed by atoms with van der Waals surface area (Å²) in [5.41, 5.74) is 1.65. The molecule has 0 N–H and O–H groups in total. The van der Waals surface area contributed by atoms with Gasteiger partial charge < -0.3 is 19.1 Å². The van der Waals surface area contributed by atoms with Gasteiger partial charge in [0, 0.05) is 6.54 Å². The third kappa shape index (κ3) is 4.06. The normalized spacial score (nSPS) is 17.4. The summed E-state index contributed by atoms with van der Waals surface area (Å²) in [4.78, 5) is 26.2. The van der Waals surface area contributed by atoms with E-state index in [0.29, 0.717) is 17.9 Å². The predicted molar refractivity (Wildman–Crippen MR) is 94.0 cm³/mol. The molecule has 0 saturated carbocycles. The van der Waals surface area contributed by atoms with Gasteiger partial charge >= 0.3 is 12.1 Å². The zero-order valence-electron chi connectivity index (χ0n) is 15.8. The van der Waals surface area contributed by atoms with Crippen LogP contribution in [0.25, 0.3) is 0 Å². The molecule has 0 bridgehead atoms. The van der Waals surface area contributed by atoms with Gasteiger partial charge in [0.25, 0.3) is 0 Å². The van der Waals surface area contributed by atoms with Crippen molar-refractivity contribution in [1.82, 2.24) is 4.90 Å². The van der Waals surface area contributed by atoms with Crippen LogP contribution >= 0.6 is 0 Å². The lowest BCUT2D eigenvalue weighted by atomic mass is 9.96. The lowest BCUT2D eigenvalue weighted by molar-refractivity contribution is 0.0223. The highest BCUT2D eigenvalue weighted by molar-refractivity contribution is 5.93. The Morgan fingerprint density at radius 2 is 1.88 bits per heavy atom. The minimum absolute atomic E-state index is 0.0875. The molecule has 1 atom stereocenters. The number of ether oxygens (including phenoxy) is 3. The number of likely N-dealkylation sites (tertiary alicyclic amines) is 1. The Morgan fingerprint density at radius 1 is 1.20 bits per heavy atom. The standard InChI is InChI=1S/C19H27NO5/c1-12-13(9-10-14(16(12)23-5)17(21)24-6)15-8-7-11-20(15)18(22)25-19(2,3)4/h9-10,15H,7-8,11H2,1-6H3. The van der Waals surface area contributed by atoms with E-state index in [1.807, 2.05) is 33.8 Å². The molecule has 0 radical (unpaired) electrons. The third-order valence-electron chi connectivity index (χ3n) is 4.30. The Bertz CT molecular complexity index is 663. The van der Waals surface area contributed by atoms with E-state index in [1.54, 1.807) is 11.0 Å². The minimum Gasteiger partial charge on any atom is -0.496 e. The highest BCUT2D eigenvalue weighted by atomic mass is 16.6. The smallest absolute Gasteiger partial charge is 0.410 e. The third-order valence-corrected chi connectivity index (χ3v) is 4.30. The average molecular weight is 349 g/mol. The Balaban J connectivity index is 2.37. The van der Waals surface area contributed by atoms with Crippen LogP contribution in [0.15, 0.2) is 12.1 Å². The molecule has 6 heteroatoms. The van der Waals surface area contributed by atoms with Crippen molar-refractivity contribution in [3.63, 3.8) is 0 Å². The van der Waals surface area contributed by atoms with Crippen LogP contribution in [0.5, 0.6) is 5.75 Å². The molecule has 1 aromatic rings. The molecular formula is C19H27NO5. The maximum atomic E-state index is 12.5. The molecule has 1 fully saturated rings. The number of methoxy groups -OCH3 is 2. The Labute approximate surface area is 149 Å². The number of nitrogens with zero attached hydrogens (tertiary/aromatic N) is 1. The number of benzene rings is 1. The summed E-state index contributed by atoms with van der Waals surface area (Å²) in [6.07, 6.45) is 1.44. The van der Waals surface area contributed by atoms with Crippen molar-refractivity contribution in [2.75, 3.05) is 20.8 Å². The molecular weight excluding hydrogens is 322 g/mol. The zero-order chi connectivity index (χ0) is 18.8. The fourth-order valence-electron chi connectivity index (χ4n) is 3.23. The number of hydrogen-bond acceptors (Lipinski definition) is 5. The maximum absolute atomic E-state index is 12.5. The number of rotatable bonds is 3. The maximum Gasteiger partial charge on any atom is 0.410 e. The molecule has 1 heterocycles. The van der Waals surface area contributed by atoms with Crippen LogP contribution in [0.1, 0.15) is 61.1 Å². The highest BCUT2D eigenvalue weighted by Gasteiger charge is 2.35. The van der Waals surface area contributed by atoms with Crippen LogP contribution in [0.2, 0.25) is 0 Å². The molecule has 138 valence electrons. The first kappa shape index (κ1) is 19.1. The molecule has 1 aromatic carbocycles. The molecule has 0 aromatic heterocycles. The van der Waals surface area contributed by atoms with E-state index >= 15 is 0 Å². The van der Waals surface area contributed by atoms with E-state index in [4.69, 9.17) is 14.2 Å². The monoisotopic (exact) mass is 349 g/mol. The first-order chi connectivity index (χ1) is 11.7. The molecule has 1 aliphatic heterocycles. The number of carbonyl (C=O) groups is 2. The number of esters is 1. The van der Waals surface area contributed by atoms with Crippen molar-refractivity contribution < 1.29 is 23.8 Å². The van der Waals surface area contributed by atoms with Crippen LogP contribution in [0, 0.1) is 6.92 Å². The predicted octanol–water partition coefficient (Wildman–Crippen LogP) is 3.86. The number of hydrogen-bond donors (Lipinski definition) is 0. The van der Waals surface area contributed by atoms with Crippen molar-refractivity contribution >= 4 is 12.1 Å². The van der Waals surface area contributed by atoms with Crippen molar-refractivity contribution in [2.45, 2.75) is 52.2 Å². The van der Waals surface area contributed by atoms with Crippen LogP contribution in [-0.4, -0.2) is 43.3 Å². The van der Waals surface area contributed by atoms with Gasteiger partial charge in [0.2, 0.25) is 0 Å². The zero-order valence-corrected chi connectivity index (χ0v) is 15.8. The molecule has 0 spiro atoms.